The summed E-state index contributed by atoms with van der Waals surface area (Å²) >= 11 is 0. The molecule has 1 aliphatic heterocycles. The monoisotopic (exact) mass is 329 g/mol. The molecule has 1 heterocycles. The highest BCUT2D eigenvalue weighted by atomic mass is 16.5. The Kier molecular flexibility index (Phi) is 4.46. The summed E-state index contributed by atoms with van der Waals surface area (Å²) in [7, 11) is 0. The number of esters is 1. The molecule has 126 valence electrons. The Balaban J connectivity index is 1.83. The number of hydrogen-bond donors (Lipinski definition) is 0. The number of rotatable bonds is 4. The van der Waals surface area contributed by atoms with Gasteiger partial charge >= 0.3 is 5.97 Å². The normalized spacial score (nSPS) is 23.1. The summed E-state index contributed by atoms with van der Waals surface area (Å²) in [6.07, 6.45) is 3.41. The van der Waals surface area contributed by atoms with Gasteiger partial charge in [-0.1, -0.05) is 18.9 Å². The maximum Gasteiger partial charge on any atom is 0.338 e. The van der Waals surface area contributed by atoms with E-state index in [9.17, 15) is 19.2 Å². The van der Waals surface area contributed by atoms with Gasteiger partial charge in [0.25, 0.3) is 0 Å². The van der Waals surface area contributed by atoms with Gasteiger partial charge in [-0.05, 0) is 38.0 Å². The second-order valence-electron chi connectivity index (χ2n) is 6.34. The molecule has 6 heteroatoms. The smallest absolute Gasteiger partial charge is 0.338 e. The molecule has 0 spiro atoms. The second kappa shape index (κ2) is 6.55. The highest BCUT2D eigenvalue weighted by Crippen LogP contribution is 2.40. The summed E-state index contributed by atoms with van der Waals surface area (Å²) in [5.41, 5.74) is 0.598. The molecule has 0 unspecified atom stereocenters. The quantitative estimate of drug-likeness (QED) is 0.624. The van der Waals surface area contributed by atoms with Crippen molar-refractivity contribution in [3.8, 4) is 0 Å². The first-order valence-electron chi connectivity index (χ1n) is 8.13. The lowest BCUT2D eigenvalue weighted by Gasteiger charge is -2.19. The summed E-state index contributed by atoms with van der Waals surface area (Å²) in [5, 5.41) is 0. The molecule has 0 aromatic heterocycles. The van der Waals surface area contributed by atoms with Crippen molar-refractivity contribution in [1.29, 1.82) is 0 Å². The van der Waals surface area contributed by atoms with E-state index in [1.54, 1.807) is 12.1 Å². The van der Waals surface area contributed by atoms with E-state index in [2.05, 4.69) is 0 Å². The summed E-state index contributed by atoms with van der Waals surface area (Å²) in [5.74, 6) is -1.74. The maximum atomic E-state index is 12.6. The number of benzene rings is 1. The van der Waals surface area contributed by atoms with E-state index in [0.717, 1.165) is 25.7 Å². The van der Waals surface area contributed by atoms with Crippen LogP contribution in [0.25, 0.3) is 0 Å². The molecule has 1 aromatic carbocycles. The lowest BCUT2D eigenvalue weighted by molar-refractivity contribution is -0.122. The van der Waals surface area contributed by atoms with E-state index in [4.69, 9.17) is 4.74 Å². The minimum absolute atomic E-state index is 0.182. The Morgan fingerprint density at radius 1 is 1.12 bits per heavy atom. The SMILES string of the molecule is CC(=O)COC(=O)c1cccc(N2C(=O)[C@@H]3CCCC[C@H]3C2=O)c1. The van der Waals surface area contributed by atoms with Crippen molar-refractivity contribution in [3.63, 3.8) is 0 Å². The molecule has 0 bridgehead atoms. The van der Waals surface area contributed by atoms with Gasteiger partial charge in [-0.15, -0.1) is 0 Å². The number of fused-ring (bicyclic) bond motifs is 1. The van der Waals surface area contributed by atoms with E-state index >= 15 is 0 Å². The standard InChI is InChI=1S/C18H19NO5/c1-11(20)10-24-18(23)12-5-4-6-13(9-12)19-16(21)14-7-2-3-8-15(14)17(19)22/h4-6,9,14-15H,2-3,7-8,10H2,1H3/t14-,15-/m1/s1. The predicted molar refractivity (Wildman–Crippen MR) is 85.3 cm³/mol. The van der Waals surface area contributed by atoms with Gasteiger partial charge in [0.15, 0.2) is 5.78 Å². The van der Waals surface area contributed by atoms with Crippen LogP contribution < -0.4 is 4.90 Å². The number of Topliss-reactive ketones (excluding diaryl/α,β-unsaturated/α-hetero) is 1. The summed E-state index contributed by atoms with van der Waals surface area (Å²) < 4.78 is 4.88. The molecule has 2 atom stereocenters. The van der Waals surface area contributed by atoms with E-state index in [1.165, 1.54) is 24.0 Å². The number of nitrogens with zero attached hydrogens (tertiary/aromatic N) is 1. The number of ether oxygens (including phenoxy) is 1. The van der Waals surface area contributed by atoms with Crippen LogP contribution in [-0.4, -0.2) is 30.2 Å². The lowest BCUT2D eigenvalue weighted by Crippen LogP contribution is -2.31. The van der Waals surface area contributed by atoms with E-state index in [0.29, 0.717) is 5.69 Å². The molecule has 24 heavy (non-hydrogen) atoms. The van der Waals surface area contributed by atoms with Crippen molar-refractivity contribution in [1.82, 2.24) is 0 Å². The van der Waals surface area contributed by atoms with Crippen LogP contribution in [0.2, 0.25) is 0 Å². The van der Waals surface area contributed by atoms with Crippen LogP contribution in [0, 0.1) is 11.8 Å². The highest BCUT2D eigenvalue weighted by molar-refractivity contribution is 6.22. The van der Waals surface area contributed by atoms with Crippen LogP contribution in [-0.2, 0) is 19.1 Å². The molecule has 0 radical (unpaired) electrons. The summed E-state index contributed by atoms with van der Waals surface area (Å²) in [6, 6.07) is 6.23. The first kappa shape index (κ1) is 16.4. The van der Waals surface area contributed by atoms with Crippen LogP contribution in [0.4, 0.5) is 5.69 Å². The number of imide groups is 1. The molecule has 1 aliphatic carbocycles. The lowest BCUT2D eigenvalue weighted by atomic mass is 9.81. The zero-order valence-electron chi connectivity index (χ0n) is 13.5. The van der Waals surface area contributed by atoms with Gasteiger partial charge in [0.1, 0.15) is 6.61 Å². The van der Waals surface area contributed by atoms with Crippen molar-refractivity contribution >= 4 is 29.3 Å². The average molecular weight is 329 g/mol. The highest BCUT2D eigenvalue weighted by Gasteiger charge is 2.48. The van der Waals surface area contributed by atoms with Crippen molar-refractivity contribution in [2.75, 3.05) is 11.5 Å². The van der Waals surface area contributed by atoms with Gasteiger partial charge in [0.2, 0.25) is 11.8 Å². The van der Waals surface area contributed by atoms with E-state index in [-0.39, 0.29) is 41.6 Å². The largest absolute Gasteiger partial charge is 0.454 e. The fraction of sp³-hybridized carbons (Fsp3) is 0.444. The van der Waals surface area contributed by atoms with Crippen molar-refractivity contribution in [2.45, 2.75) is 32.6 Å². The van der Waals surface area contributed by atoms with Gasteiger partial charge < -0.3 is 4.74 Å². The van der Waals surface area contributed by atoms with Gasteiger partial charge in [0, 0.05) is 0 Å². The van der Waals surface area contributed by atoms with E-state index < -0.39 is 5.97 Å². The van der Waals surface area contributed by atoms with Crippen LogP contribution in [0.5, 0.6) is 0 Å². The predicted octanol–water partition coefficient (Wildman–Crippen LogP) is 2.11. The average Bonchev–Trinajstić information content (AvgIpc) is 2.84. The Morgan fingerprint density at radius 2 is 1.75 bits per heavy atom. The number of ketones is 1. The minimum Gasteiger partial charge on any atom is -0.454 e. The molecule has 2 fully saturated rings. The Morgan fingerprint density at radius 3 is 2.33 bits per heavy atom. The zero-order chi connectivity index (χ0) is 17.3. The van der Waals surface area contributed by atoms with E-state index in [1.807, 2.05) is 0 Å². The number of hydrogen-bond acceptors (Lipinski definition) is 5. The number of amides is 2. The molecule has 0 N–H and O–H groups in total. The molecule has 1 aromatic rings. The third kappa shape index (κ3) is 2.96. The molecular weight excluding hydrogens is 310 g/mol. The molecule has 2 amide bonds. The summed E-state index contributed by atoms with van der Waals surface area (Å²) in [6.45, 7) is 1.03. The third-order valence-corrected chi connectivity index (χ3v) is 4.59. The van der Waals surface area contributed by atoms with Gasteiger partial charge in [0.05, 0.1) is 23.1 Å². The number of anilines is 1. The van der Waals surface area contributed by atoms with Crippen LogP contribution in [0.3, 0.4) is 0 Å². The van der Waals surface area contributed by atoms with Crippen molar-refractivity contribution < 1.29 is 23.9 Å². The summed E-state index contributed by atoms with van der Waals surface area (Å²) in [4.78, 5) is 49.3. The van der Waals surface area contributed by atoms with Crippen molar-refractivity contribution in [3.05, 3.63) is 29.8 Å². The Hall–Kier alpha value is -2.50. The molecule has 1 saturated heterocycles. The molecule has 1 saturated carbocycles. The second-order valence-corrected chi connectivity index (χ2v) is 6.34. The molecular formula is C18H19NO5. The fourth-order valence-corrected chi connectivity index (χ4v) is 3.44. The van der Waals surface area contributed by atoms with Gasteiger partial charge in [-0.3, -0.25) is 19.3 Å². The van der Waals surface area contributed by atoms with Crippen LogP contribution in [0.15, 0.2) is 24.3 Å². The molecule has 6 nitrogen and oxygen atoms in total. The number of carbonyl (C=O) groups is 4. The fourth-order valence-electron chi connectivity index (χ4n) is 3.44. The molecule has 2 aliphatic rings. The topological polar surface area (TPSA) is 80.8 Å². The van der Waals surface area contributed by atoms with Crippen LogP contribution >= 0.6 is 0 Å². The van der Waals surface area contributed by atoms with Crippen molar-refractivity contribution in [2.24, 2.45) is 11.8 Å². The third-order valence-electron chi connectivity index (χ3n) is 4.59. The number of carbonyl (C=O) groups excluding carboxylic acids is 4. The maximum absolute atomic E-state index is 12.6. The molecule has 3 rings (SSSR count). The Bertz CT molecular complexity index is 687. The Labute approximate surface area is 139 Å². The first-order valence-corrected chi connectivity index (χ1v) is 8.13. The first-order chi connectivity index (χ1) is 11.5. The minimum atomic E-state index is -0.649. The zero-order valence-corrected chi connectivity index (χ0v) is 13.5. The van der Waals surface area contributed by atoms with Crippen LogP contribution in [0.1, 0.15) is 43.0 Å². The van der Waals surface area contributed by atoms with Gasteiger partial charge in [-0.2, -0.15) is 0 Å². The van der Waals surface area contributed by atoms with Gasteiger partial charge in [-0.25, -0.2) is 4.79 Å².